The first-order chi connectivity index (χ1) is 7.98. The summed E-state index contributed by atoms with van der Waals surface area (Å²) < 4.78 is 0. The third-order valence-electron chi connectivity index (χ3n) is 3.74. The van der Waals surface area contributed by atoms with Crippen molar-refractivity contribution < 1.29 is 0 Å². The number of hydrogen-bond donors (Lipinski definition) is 1. The fourth-order valence-electron chi connectivity index (χ4n) is 2.37. The lowest BCUT2D eigenvalue weighted by molar-refractivity contribution is 0.306. The summed E-state index contributed by atoms with van der Waals surface area (Å²) >= 11 is 0. The van der Waals surface area contributed by atoms with Crippen LogP contribution < -0.4 is 5.73 Å². The summed E-state index contributed by atoms with van der Waals surface area (Å²) in [6.45, 7) is 6.49. The number of likely N-dealkylation sites (N-methyl/N-ethyl adjacent to an activating group) is 1. The quantitative estimate of drug-likeness (QED) is 0.844. The first-order valence-corrected chi connectivity index (χ1v) is 6.52. The highest BCUT2D eigenvalue weighted by Gasteiger charge is 2.38. The predicted octanol–water partition coefficient (Wildman–Crippen LogP) is 2.27. The van der Waals surface area contributed by atoms with Crippen molar-refractivity contribution in [1.29, 1.82) is 0 Å². The van der Waals surface area contributed by atoms with Crippen molar-refractivity contribution >= 4 is 0 Å². The van der Waals surface area contributed by atoms with Crippen molar-refractivity contribution in [3.05, 3.63) is 34.9 Å². The highest BCUT2D eigenvalue weighted by atomic mass is 15.1. The lowest BCUT2D eigenvalue weighted by Gasteiger charge is -2.21. The molecular formula is C15H24N2. The number of benzene rings is 1. The molecule has 0 bridgehead atoms. The van der Waals surface area contributed by atoms with E-state index in [1.165, 1.54) is 29.5 Å². The van der Waals surface area contributed by atoms with Crippen LogP contribution >= 0.6 is 0 Å². The molecule has 0 heterocycles. The third kappa shape index (κ3) is 3.55. The molecule has 0 aromatic heterocycles. The molecule has 2 N–H and O–H groups in total. The Bertz CT molecular complexity index is 394. The molecule has 0 spiro atoms. The zero-order valence-corrected chi connectivity index (χ0v) is 11.3. The average molecular weight is 232 g/mol. The Morgan fingerprint density at radius 3 is 2.59 bits per heavy atom. The molecule has 0 amide bonds. The first kappa shape index (κ1) is 12.6. The summed E-state index contributed by atoms with van der Waals surface area (Å²) in [7, 11) is 2.18. The van der Waals surface area contributed by atoms with Crippen molar-refractivity contribution in [3.63, 3.8) is 0 Å². The van der Waals surface area contributed by atoms with Gasteiger partial charge in [-0.2, -0.15) is 0 Å². The monoisotopic (exact) mass is 232 g/mol. The van der Waals surface area contributed by atoms with Gasteiger partial charge < -0.3 is 10.6 Å². The van der Waals surface area contributed by atoms with Gasteiger partial charge in [0, 0.05) is 18.6 Å². The highest BCUT2D eigenvalue weighted by Crippen LogP contribution is 2.32. The standard InChI is InChI=1S/C15H24N2/c1-12-4-5-14(13(2)10-12)6-9-17(3)11-15(16)7-8-15/h4-5,10H,6-9,11,16H2,1-3H3. The Balaban J connectivity index is 1.84. The zero-order chi connectivity index (χ0) is 12.5. The van der Waals surface area contributed by atoms with Crippen molar-refractivity contribution in [2.45, 2.75) is 38.6 Å². The molecule has 2 nitrogen and oxygen atoms in total. The summed E-state index contributed by atoms with van der Waals surface area (Å²) in [5.41, 5.74) is 10.5. The van der Waals surface area contributed by atoms with E-state index in [0.29, 0.717) is 0 Å². The van der Waals surface area contributed by atoms with E-state index in [4.69, 9.17) is 5.73 Å². The fraction of sp³-hybridized carbons (Fsp3) is 0.600. The second-order valence-corrected chi connectivity index (χ2v) is 5.78. The second-order valence-electron chi connectivity index (χ2n) is 5.78. The van der Waals surface area contributed by atoms with Gasteiger partial charge in [-0.3, -0.25) is 0 Å². The molecule has 0 aliphatic heterocycles. The van der Waals surface area contributed by atoms with Crippen molar-refractivity contribution in [3.8, 4) is 0 Å². The molecule has 0 unspecified atom stereocenters. The summed E-state index contributed by atoms with van der Waals surface area (Å²) in [5.74, 6) is 0. The van der Waals surface area contributed by atoms with E-state index in [1.54, 1.807) is 0 Å². The smallest absolute Gasteiger partial charge is 0.0284 e. The minimum atomic E-state index is 0.136. The Hall–Kier alpha value is -0.860. The Morgan fingerprint density at radius 1 is 1.29 bits per heavy atom. The van der Waals surface area contributed by atoms with Crippen LogP contribution in [-0.4, -0.2) is 30.6 Å². The van der Waals surface area contributed by atoms with E-state index < -0.39 is 0 Å². The maximum Gasteiger partial charge on any atom is 0.0284 e. The number of rotatable bonds is 5. The lowest BCUT2D eigenvalue weighted by Crippen LogP contribution is -2.38. The van der Waals surface area contributed by atoms with E-state index in [-0.39, 0.29) is 5.54 Å². The second kappa shape index (κ2) is 4.79. The molecule has 0 radical (unpaired) electrons. The molecule has 17 heavy (non-hydrogen) atoms. The van der Waals surface area contributed by atoms with Crippen LogP contribution in [0.2, 0.25) is 0 Å². The number of nitrogens with two attached hydrogens (primary N) is 1. The summed E-state index contributed by atoms with van der Waals surface area (Å²) in [6.07, 6.45) is 3.51. The number of hydrogen-bond acceptors (Lipinski definition) is 2. The van der Waals surface area contributed by atoms with E-state index in [9.17, 15) is 0 Å². The van der Waals surface area contributed by atoms with Gasteiger partial charge in [-0.05, 0) is 51.3 Å². The van der Waals surface area contributed by atoms with E-state index in [0.717, 1.165) is 19.5 Å². The zero-order valence-electron chi connectivity index (χ0n) is 11.3. The molecule has 2 heteroatoms. The summed E-state index contributed by atoms with van der Waals surface area (Å²) in [5, 5.41) is 0. The molecule has 1 aromatic rings. The molecule has 1 fully saturated rings. The van der Waals surface area contributed by atoms with E-state index in [2.05, 4.69) is 44.0 Å². The molecule has 0 saturated heterocycles. The molecule has 1 aliphatic carbocycles. The molecule has 1 aliphatic rings. The Morgan fingerprint density at radius 2 is 2.00 bits per heavy atom. The molecular weight excluding hydrogens is 208 g/mol. The number of nitrogens with zero attached hydrogens (tertiary/aromatic N) is 1. The van der Waals surface area contributed by atoms with Crippen molar-refractivity contribution in [1.82, 2.24) is 4.90 Å². The van der Waals surface area contributed by atoms with Gasteiger partial charge in [0.25, 0.3) is 0 Å². The maximum absolute atomic E-state index is 6.12. The summed E-state index contributed by atoms with van der Waals surface area (Å²) in [6, 6.07) is 6.72. The van der Waals surface area contributed by atoms with Crippen molar-refractivity contribution in [2.75, 3.05) is 20.1 Å². The van der Waals surface area contributed by atoms with Gasteiger partial charge in [-0.1, -0.05) is 23.8 Å². The van der Waals surface area contributed by atoms with Gasteiger partial charge >= 0.3 is 0 Å². The molecule has 2 rings (SSSR count). The van der Waals surface area contributed by atoms with Gasteiger partial charge in [0.05, 0.1) is 0 Å². The van der Waals surface area contributed by atoms with Gasteiger partial charge in [0.2, 0.25) is 0 Å². The third-order valence-corrected chi connectivity index (χ3v) is 3.74. The SMILES string of the molecule is Cc1ccc(CCN(C)CC2(N)CC2)c(C)c1. The predicted molar refractivity (Wildman–Crippen MR) is 73.3 cm³/mol. The minimum absolute atomic E-state index is 0.136. The first-order valence-electron chi connectivity index (χ1n) is 6.52. The van der Waals surface area contributed by atoms with Crippen molar-refractivity contribution in [2.24, 2.45) is 5.73 Å². The number of aryl methyl sites for hydroxylation is 2. The molecule has 94 valence electrons. The van der Waals surface area contributed by atoms with Crippen LogP contribution in [0, 0.1) is 13.8 Å². The van der Waals surface area contributed by atoms with Crippen LogP contribution in [0.25, 0.3) is 0 Å². The normalized spacial score (nSPS) is 17.5. The van der Waals surface area contributed by atoms with Crippen LogP contribution in [0.3, 0.4) is 0 Å². The lowest BCUT2D eigenvalue weighted by atomic mass is 10.0. The topological polar surface area (TPSA) is 29.3 Å². The van der Waals surface area contributed by atoms with E-state index >= 15 is 0 Å². The van der Waals surface area contributed by atoms with Crippen LogP contribution in [0.4, 0.5) is 0 Å². The van der Waals surface area contributed by atoms with Crippen LogP contribution in [0.5, 0.6) is 0 Å². The van der Waals surface area contributed by atoms with Crippen LogP contribution in [0.1, 0.15) is 29.5 Å². The van der Waals surface area contributed by atoms with Gasteiger partial charge in [-0.15, -0.1) is 0 Å². The highest BCUT2D eigenvalue weighted by molar-refractivity contribution is 5.30. The molecule has 1 aromatic carbocycles. The fourth-order valence-corrected chi connectivity index (χ4v) is 2.37. The van der Waals surface area contributed by atoms with Crippen LogP contribution in [0.15, 0.2) is 18.2 Å². The molecule has 0 atom stereocenters. The van der Waals surface area contributed by atoms with Gasteiger partial charge in [0.1, 0.15) is 0 Å². The Kier molecular flexibility index (Phi) is 3.55. The van der Waals surface area contributed by atoms with Gasteiger partial charge in [-0.25, -0.2) is 0 Å². The van der Waals surface area contributed by atoms with Gasteiger partial charge in [0.15, 0.2) is 0 Å². The largest absolute Gasteiger partial charge is 0.324 e. The maximum atomic E-state index is 6.12. The average Bonchev–Trinajstić information content (AvgIpc) is 2.94. The minimum Gasteiger partial charge on any atom is -0.324 e. The summed E-state index contributed by atoms with van der Waals surface area (Å²) in [4.78, 5) is 2.37. The molecule has 1 saturated carbocycles. The van der Waals surface area contributed by atoms with Crippen LogP contribution in [-0.2, 0) is 6.42 Å². The van der Waals surface area contributed by atoms with E-state index in [1.807, 2.05) is 0 Å². The Labute approximate surface area is 105 Å².